The van der Waals surface area contributed by atoms with E-state index >= 15 is 0 Å². The van der Waals surface area contributed by atoms with Crippen molar-refractivity contribution in [2.45, 2.75) is 6.92 Å². The van der Waals surface area contributed by atoms with Crippen molar-refractivity contribution in [2.24, 2.45) is 0 Å². The minimum atomic E-state index is -0.978. The van der Waals surface area contributed by atoms with E-state index in [1.54, 1.807) is 18.5 Å². The molecule has 0 aliphatic rings. The fourth-order valence-electron chi connectivity index (χ4n) is 1.42. The van der Waals surface area contributed by atoms with Crippen LogP contribution in [0, 0.1) is 10.5 Å². The number of halogens is 1. The van der Waals surface area contributed by atoms with Crippen molar-refractivity contribution in [3.05, 3.63) is 27.6 Å². The summed E-state index contributed by atoms with van der Waals surface area (Å²) in [6.07, 6.45) is 2.29. The van der Waals surface area contributed by atoms with Crippen molar-refractivity contribution in [1.82, 2.24) is 9.55 Å². The van der Waals surface area contributed by atoms with Crippen LogP contribution in [0.5, 0.6) is 0 Å². The smallest absolute Gasteiger partial charge is 0.416 e. The van der Waals surface area contributed by atoms with Gasteiger partial charge in [-0.25, -0.2) is 9.36 Å². The summed E-state index contributed by atoms with van der Waals surface area (Å²) in [6, 6.07) is 1.80. The standard InChI is InChI=1S/C9H7IN2O2/c1-5-2-3-11-7-6(10)4-12(8(5)7)9(13)14/h2-4H,1H3,(H,13,14). The van der Waals surface area contributed by atoms with Gasteiger partial charge in [-0.15, -0.1) is 0 Å². The predicted molar refractivity (Wildman–Crippen MR) is 60.6 cm³/mol. The van der Waals surface area contributed by atoms with Gasteiger partial charge in [0.2, 0.25) is 0 Å². The Hall–Kier alpha value is -1.11. The normalized spacial score (nSPS) is 10.7. The Morgan fingerprint density at radius 3 is 3.00 bits per heavy atom. The van der Waals surface area contributed by atoms with Crippen LogP contribution in [0.1, 0.15) is 5.56 Å². The number of hydrogen-bond donors (Lipinski definition) is 1. The van der Waals surface area contributed by atoms with Crippen LogP contribution in [0.15, 0.2) is 18.5 Å². The maximum atomic E-state index is 10.9. The summed E-state index contributed by atoms with van der Waals surface area (Å²) in [4.78, 5) is 15.1. The van der Waals surface area contributed by atoms with Crippen molar-refractivity contribution in [2.75, 3.05) is 0 Å². The summed E-state index contributed by atoms with van der Waals surface area (Å²) in [5.41, 5.74) is 2.33. The summed E-state index contributed by atoms with van der Waals surface area (Å²) < 4.78 is 2.06. The average Bonchev–Trinajstić information content (AvgIpc) is 2.46. The van der Waals surface area contributed by atoms with Gasteiger partial charge in [-0.3, -0.25) is 4.98 Å². The van der Waals surface area contributed by atoms with Crippen LogP contribution in [0.2, 0.25) is 0 Å². The molecule has 0 atom stereocenters. The Morgan fingerprint density at radius 2 is 2.36 bits per heavy atom. The quantitative estimate of drug-likeness (QED) is 0.761. The fourth-order valence-corrected chi connectivity index (χ4v) is 2.09. The molecule has 0 saturated carbocycles. The van der Waals surface area contributed by atoms with Gasteiger partial charge in [-0.2, -0.15) is 0 Å². The molecule has 2 rings (SSSR count). The van der Waals surface area contributed by atoms with E-state index in [2.05, 4.69) is 27.6 Å². The van der Waals surface area contributed by atoms with E-state index in [-0.39, 0.29) is 0 Å². The lowest BCUT2D eigenvalue weighted by molar-refractivity contribution is 0.197. The highest BCUT2D eigenvalue weighted by atomic mass is 127. The van der Waals surface area contributed by atoms with Gasteiger partial charge in [0.25, 0.3) is 0 Å². The molecule has 0 bridgehead atoms. The minimum absolute atomic E-state index is 0.671. The Morgan fingerprint density at radius 1 is 1.64 bits per heavy atom. The number of hydrogen-bond acceptors (Lipinski definition) is 2. The van der Waals surface area contributed by atoms with Crippen LogP contribution in [0.3, 0.4) is 0 Å². The molecule has 0 radical (unpaired) electrons. The first-order valence-electron chi connectivity index (χ1n) is 3.96. The third-order valence-electron chi connectivity index (χ3n) is 2.04. The molecule has 1 N–H and O–H groups in total. The summed E-state index contributed by atoms with van der Waals surface area (Å²) in [5.74, 6) is 0. The fraction of sp³-hybridized carbons (Fsp3) is 0.111. The van der Waals surface area contributed by atoms with E-state index in [0.717, 1.165) is 14.7 Å². The maximum Gasteiger partial charge on any atom is 0.416 e. The molecule has 0 unspecified atom stereocenters. The van der Waals surface area contributed by atoms with Crippen molar-refractivity contribution < 1.29 is 9.90 Å². The maximum absolute atomic E-state index is 10.9. The monoisotopic (exact) mass is 302 g/mol. The molecule has 0 spiro atoms. The number of fused-ring (bicyclic) bond motifs is 1. The molecule has 4 nitrogen and oxygen atoms in total. The molecular formula is C9H7IN2O2. The van der Waals surface area contributed by atoms with Crippen molar-refractivity contribution in [3.63, 3.8) is 0 Å². The van der Waals surface area contributed by atoms with Gasteiger partial charge in [0.15, 0.2) is 0 Å². The minimum Gasteiger partial charge on any atom is -0.464 e. The van der Waals surface area contributed by atoms with E-state index in [4.69, 9.17) is 5.11 Å². The molecule has 5 heteroatoms. The van der Waals surface area contributed by atoms with E-state index in [1.807, 2.05) is 6.92 Å². The second-order valence-corrected chi connectivity index (χ2v) is 4.12. The summed E-state index contributed by atoms with van der Waals surface area (Å²) in [5, 5.41) is 8.95. The van der Waals surface area contributed by atoms with Gasteiger partial charge in [-0.05, 0) is 41.1 Å². The molecular weight excluding hydrogens is 295 g/mol. The topological polar surface area (TPSA) is 55.1 Å². The molecule has 2 aromatic rings. The molecule has 2 heterocycles. The lowest BCUT2D eigenvalue weighted by Gasteiger charge is -1.99. The molecule has 0 aliphatic heterocycles. The first kappa shape index (κ1) is 9.45. The summed E-state index contributed by atoms with van der Waals surface area (Å²) in [7, 11) is 0. The van der Waals surface area contributed by atoms with Crippen molar-refractivity contribution in [3.8, 4) is 0 Å². The van der Waals surface area contributed by atoms with Gasteiger partial charge in [-0.1, -0.05) is 0 Å². The zero-order chi connectivity index (χ0) is 10.3. The van der Waals surface area contributed by atoms with E-state index in [1.165, 1.54) is 4.57 Å². The Balaban J connectivity index is 2.93. The van der Waals surface area contributed by atoms with Crippen LogP contribution in [-0.4, -0.2) is 20.8 Å². The lowest BCUT2D eigenvalue weighted by Crippen LogP contribution is -2.06. The van der Waals surface area contributed by atoms with Crippen LogP contribution >= 0.6 is 22.6 Å². The molecule has 2 aromatic heterocycles. The first-order chi connectivity index (χ1) is 6.61. The second kappa shape index (κ2) is 3.23. The number of carboxylic acid groups (broad SMARTS) is 1. The predicted octanol–water partition coefficient (Wildman–Crippen LogP) is 2.48. The van der Waals surface area contributed by atoms with Gasteiger partial charge in [0, 0.05) is 12.4 Å². The number of pyridine rings is 1. The highest BCUT2D eigenvalue weighted by Crippen LogP contribution is 2.23. The van der Waals surface area contributed by atoms with Crippen LogP contribution in [0.4, 0.5) is 4.79 Å². The van der Waals surface area contributed by atoms with Crippen molar-refractivity contribution >= 4 is 39.7 Å². The number of aryl methyl sites for hydroxylation is 1. The zero-order valence-corrected chi connectivity index (χ0v) is 9.52. The summed E-state index contributed by atoms with van der Waals surface area (Å²) in [6.45, 7) is 1.87. The van der Waals surface area contributed by atoms with Crippen molar-refractivity contribution in [1.29, 1.82) is 0 Å². The SMILES string of the molecule is Cc1ccnc2c(I)cn(C(=O)O)c12. The second-order valence-electron chi connectivity index (χ2n) is 2.95. The lowest BCUT2D eigenvalue weighted by atomic mass is 10.2. The number of aromatic nitrogens is 2. The van der Waals surface area contributed by atoms with Crippen LogP contribution in [0.25, 0.3) is 11.0 Å². The third-order valence-corrected chi connectivity index (χ3v) is 2.83. The highest BCUT2D eigenvalue weighted by Gasteiger charge is 2.13. The third kappa shape index (κ3) is 1.28. The highest BCUT2D eigenvalue weighted by molar-refractivity contribution is 14.1. The Labute approximate surface area is 93.7 Å². The van der Waals surface area contributed by atoms with Crippen LogP contribution in [-0.2, 0) is 0 Å². The molecule has 0 aromatic carbocycles. The summed E-state index contributed by atoms with van der Waals surface area (Å²) >= 11 is 2.08. The first-order valence-corrected chi connectivity index (χ1v) is 5.04. The molecule has 0 saturated heterocycles. The Kier molecular flexibility index (Phi) is 2.18. The molecule has 0 aliphatic carbocycles. The Bertz CT molecular complexity index is 519. The molecule has 0 fully saturated rings. The zero-order valence-electron chi connectivity index (χ0n) is 7.36. The van der Waals surface area contributed by atoms with E-state index < -0.39 is 6.09 Å². The number of rotatable bonds is 0. The molecule has 0 amide bonds. The van der Waals surface area contributed by atoms with Gasteiger partial charge in [0.1, 0.15) is 5.52 Å². The van der Waals surface area contributed by atoms with Gasteiger partial charge < -0.3 is 5.11 Å². The molecule has 14 heavy (non-hydrogen) atoms. The van der Waals surface area contributed by atoms with E-state index in [9.17, 15) is 4.79 Å². The largest absolute Gasteiger partial charge is 0.464 e. The van der Waals surface area contributed by atoms with Crippen LogP contribution < -0.4 is 0 Å². The van der Waals surface area contributed by atoms with Gasteiger partial charge >= 0.3 is 6.09 Å². The molecule has 72 valence electrons. The van der Waals surface area contributed by atoms with E-state index in [0.29, 0.717) is 5.52 Å². The number of nitrogens with zero attached hydrogens (tertiary/aromatic N) is 2. The number of carbonyl (C=O) groups is 1. The average molecular weight is 302 g/mol. The van der Waals surface area contributed by atoms with Gasteiger partial charge in [0.05, 0.1) is 9.09 Å².